The number of nitrogens with zero attached hydrogens (tertiary/aromatic N) is 5. The fraction of sp³-hybridized carbons (Fsp3) is 0.464. The summed E-state index contributed by atoms with van der Waals surface area (Å²) in [6.07, 6.45) is 5.19. The first-order valence-electron chi connectivity index (χ1n) is 13.7. The topological polar surface area (TPSA) is 126 Å². The van der Waals surface area contributed by atoms with Crippen molar-refractivity contribution >= 4 is 35.0 Å². The molecule has 0 aliphatic carbocycles. The molecule has 5 rings (SSSR count). The third kappa shape index (κ3) is 5.82. The molecule has 2 saturated heterocycles. The van der Waals surface area contributed by atoms with Crippen molar-refractivity contribution in [1.82, 2.24) is 24.9 Å². The number of anilines is 3. The van der Waals surface area contributed by atoms with Crippen LogP contribution >= 0.6 is 0 Å². The zero-order valence-electron chi connectivity index (χ0n) is 22.8. The highest BCUT2D eigenvalue weighted by Crippen LogP contribution is 2.26. The lowest BCUT2D eigenvalue weighted by molar-refractivity contribution is -0.126. The largest absolute Gasteiger partial charge is 0.381 e. The maximum atomic E-state index is 15.0. The zero-order valence-corrected chi connectivity index (χ0v) is 22.8. The van der Waals surface area contributed by atoms with Crippen molar-refractivity contribution in [3.05, 3.63) is 54.0 Å². The number of rotatable bonds is 9. The average Bonchev–Trinajstić information content (AvgIpc) is 3.64. The van der Waals surface area contributed by atoms with E-state index in [0.717, 1.165) is 29.4 Å². The van der Waals surface area contributed by atoms with E-state index in [1.165, 1.54) is 18.2 Å². The molecule has 3 aromatic rings. The molecule has 2 aromatic heterocycles. The van der Waals surface area contributed by atoms with Crippen molar-refractivity contribution in [3.63, 3.8) is 0 Å². The smallest absolute Gasteiger partial charge is 0.257 e. The van der Waals surface area contributed by atoms with Gasteiger partial charge in [-0.1, -0.05) is 20.4 Å². The Morgan fingerprint density at radius 1 is 1.27 bits per heavy atom. The number of aromatic nitrogens is 4. The lowest BCUT2D eigenvalue weighted by Crippen LogP contribution is -2.41. The second-order valence-electron chi connectivity index (χ2n) is 10.4. The number of hydrogen-bond acceptors (Lipinski definition) is 9. The van der Waals surface area contributed by atoms with Crippen LogP contribution in [0.5, 0.6) is 0 Å². The zero-order chi connectivity index (χ0) is 28.2. The molecule has 3 N–H and O–H groups in total. The number of nitrogens with one attached hydrogen (secondary N) is 3. The van der Waals surface area contributed by atoms with Gasteiger partial charge in [0.25, 0.3) is 5.91 Å². The highest BCUT2D eigenvalue weighted by Gasteiger charge is 2.31. The quantitative estimate of drug-likeness (QED) is 0.344. The third-order valence-electron chi connectivity index (χ3n) is 7.32. The van der Waals surface area contributed by atoms with Crippen LogP contribution in [-0.2, 0) is 20.9 Å². The Kier molecular flexibility index (Phi) is 8.36. The molecule has 1 atom stereocenters. The van der Waals surface area contributed by atoms with Crippen molar-refractivity contribution in [2.75, 3.05) is 41.8 Å². The Hall–Kier alpha value is -3.90. The van der Waals surface area contributed by atoms with E-state index >= 15 is 0 Å². The Labute approximate surface area is 232 Å². The lowest BCUT2D eigenvalue weighted by atomic mass is 10.1. The second-order valence-corrected chi connectivity index (χ2v) is 10.4. The number of carbonyl (C=O) groups is 2. The Balaban J connectivity index is 1.43. The predicted molar refractivity (Wildman–Crippen MR) is 150 cm³/mol. The fourth-order valence-electron chi connectivity index (χ4n) is 5.02. The van der Waals surface area contributed by atoms with E-state index in [0.29, 0.717) is 50.3 Å². The summed E-state index contributed by atoms with van der Waals surface area (Å²) in [6.45, 7) is 10.3. The molecular formula is C28H35FN8O3. The van der Waals surface area contributed by atoms with Gasteiger partial charge in [0, 0.05) is 43.5 Å². The molecule has 0 saturated carbocycles. The maximum Gasteiger partial charge on any atom is 0.257 e. The number of halogens is 1. The molecule has 2 amide bonds. The lowest BCUT2D eigenvalue weighted by Gasteiger charge is -2.24. The highest BCUT2D eigenvalue weighted by atomic mass is 19.1. The second kappa shape index (κ2) is 12.1. The van der Waals surface area contributed by atoms with Gasteiger partial charge in [0.15, 0.2) is 5.65 Å². The van der Waals surface area contributed by atoms with Crippen LogP contribution < -0.4 is 20.9 Å². The van der Waals surface area contributed by atoms with Crippen LogP contribution in [0, 0.1) is 11.7 Å². The van der Waals surface area contributed by atoms with E-state index in [1.807, 2.05) is 0 Å². The molecule has 4 heterocycles. The molecular weight excluding hydrogens is 515 g/mol. The molecule has 2 aliphatic rings. The van der Waals surface area contributed by atoms with E-state index < -0.39 is 11.7 Å². The summed E-state index contributed by atoms with van der Waals surface area (Å²) in [6, 6.07) is 4.38. The van der Waals surface area contributed by atoms with Gasteiger partial charge < -0.3 is 20.7 Å². The van der Waals surface area contributed by atoms with Crippen molar-refractivity contribution < 1.29 is 18.7 Å². The van der Waals surface area contributed by atoms with Gasteiger partial charge in [0.05, 0.1) is 17.8 Å². The summed E-state index contributed by atoms with van der Waals surface area (Å²) in [5.41, 5.74) is 2.18. The van der Waals surface area contributed by atoms with Crippen LogP contribution in [0.3, 0.4) is 0 Å². The number of fused-ring (bicyclic) bond motifs is 1. The molecule has 1 unspecified atom stereocenters. The Morgan fingerprint density at radius 2 is 2.08 bits per heavy atom. The molecule has 0 radical (unpaired) electrons. The number of amides is 2. The molecule has 2 fully saturated rings. The summed E-state index contributed by atoms with van der Waals surface area (Å²) in [5, 5.41) is 14.2. The average molecular weight is 551 g/mol. The van der Waals surface area contributed by atoms with Crippen LogP contribution in [0.2, 0.25) is 0 Å². The summed E-state index contributed by atoms with van der Waals surface area (Å²) < 4.78 is 22.1. The third-order valence-corrected chi connectivity index (χ3v) is 7.32. The van der Waals surface area contributed by atoms with Crippen LogP contribution in [-0.4, -0.2) is 63.7 Å². The van der Waals surface area contributed by atoms with Crippen LogP contribution in [0.15, 0.2) is 37.1 Å². The van der Waals surface area contributed by atoms with Gasteiger partial charge in [-0.05, 0) is 56.0 Å². The van der Waals surface area contributed by atoms with E-state index in [-0.39, 0.29) is 41.6 Å². The molecule has 212 valence electrons. The van der Waals surface area contributed by atoms with E-state index in [2.05, 4.69) is 46.5 Å². The van der Waals surface area contributed by atoms with Crippen molar-refractivity contribution in [2.24, 2.45) is 5.92 Å². The van der Waals surface area contributed by atoms with E-state index in [1.54, 1.807) is 10.7 Å². The monoisotopic (exact) mass is 550 g/mol. The summed E-state index contributed by atoms with van der Waals surface area (Å²) in [4.78, 5) is 36.4. The minimum absolute atomic E-state index is 0.0364. The predicted octanol–water partition coefficient (Wildman–Crippen LogP) is 3.24. The normalized spacial score (nSPS) is 17.8. The van der Waals surface area contributed by atoms with Gasteiger partial charge >= 0.3 is 0 Å². The van der Waals surface area contributed by atoms with Crippen LogP contribution in [0.4, 0.5) is 22.0 Å². The Bertz CT molecular complexity index is 1400. The number of carbonyl (C=O) groups excluding carboxylic acids is 2. The first-order valence-corrected chi connectivity index (χ1v) is 13.7. The minimum Gasteiger partial charge on any atom is -0.381 e. The molecule has 1 aromatic carbocycles. The van der Waals surface area contributed by atoms with Gasteiger partial charge in [-0.3, -0.25) is 9.59 Å². The van der Waals surface area contributed by atoms with Gasteiger partial charge in [0.1, 0.15) is 5.82 Å². The SMILES string of the molecule is C=CC(=O)N(C(=O)C1CCNC1)c1ccc(F)c(CNc2nc(NC3CCOCC3)nc3c(C(C)C)cnn23)c1. The number of ether oxygens (including phenoxy) is 1. The fourth-order valence-corrected chi connectivity index (χ4v) is 5.02. The number of hydrogen-bond donors (Lipinski definition) is 3. The van der Waals surface area contributed by atoms with Gasteiger partial charge in [0.2, 0.25) is 17.8 Å². The minimum atomic E-state index is -0.554. The summed E-state index contributed by atoms with van der Waals surface area (Å²) >= 11 is 0. The van der Waals surface area contributed by atoms with Crippen LogP contribution in [0.25, 0.3) is 5.65 Å². The van der Waals surface area contributed by atoms with Crippen molar-refractivity contribution in [3.8, 4) is 0 Å². The molecule has 40 heavy (non-hydrogen) atoms. The summed E-state index contributed by atoms with van der Waals surface area (Å²) in [5.74, 6) is -0.666. The molecule has 0 spiro atoms. The van der Waals surface area contributed by atoms with Crippen molar-refractivity contribution in [2.45, 2.75) is 51.6 Å². The van der Waals surface area contributed by atoms with Gasteiger partial charge in [-0.2, -0.15) is 19.6 Å². The van der Waals surface area contributed by atoms with E-state index in [9.17, 15) is 14.0 Å². The van der Waals surface area contributed by atoms with Gasteiger partial charge in [-0.25, -0.2) is 9.29 Å². The summed E-state index contributed by atoms with van der Waals surface area (Å²) in [7, 11) is 0. The number of benzene rings is 1. The number of imide groups is 1. The van der Waals surface area contributed by atoms with Gasteiger partial charge in [-0.15, -0.1) is 0 Å². The first-order chi connectivity index (χ1) is 19.4. The molecule has 11 nitrogen and oxygen atoms in total. The standard InChI is InChI=1S/C28H35FN8O3/c1-4-24(38)36(26(39)18-7-10-30-14-18)21-5-6-23(29)19(13-21)15-31-28-35-27(33-20-8-11-40-12-9-20)34-25-22(17(2)3)16-32-37(25)28/h4-6,13,16-18,20,30H,1,7-12,14-15H2,2-3H3,(H2,31,33,34,35). The van der Waals surface area contributed by atoms with Crippen molar-refractivity contribution in [1.29, 1.82) is 0 Å². The molecule has 0 bridgehead atoms. The highest BCUT2D eigenvalue weighted by molar-refractivity contribution is 6.19. The first kappa shape index (κ1) is 27.7. The Morgan fingerprint density at radius 3 is 2.77 bits per heavy atom. The molecule has 12 heteroatoms. The van der Waals surface area contributed by atoms with Crippen LogP contribution in [0.1, 0.15) is 50.2 Å². The van der Waals surface area contributed by atoms with E-state index in [4.69, 9.17) is 9.72 Å². The maximum absolute atomic E-state index is 15.0. The molecule has 2 aliphatic heterocycles.